The maximum atomic E-state index is 14.2. The second-order valence-electron chi connectivity index (χ2n) is 10.5. The molecule has 0 bridgehead atoms. The monoisotopic (exact) mass is 528 g/mol. The zero-order valence-corrected chi connectivity index (χ0v) is 23.0. The van der Waals surface area contributed by atoms with E-state index in [4.69, 9.17) is 14.8 Å². The molecule has 3 aromatic rings. The smallest absolute Gasteiger partial charge is 0.338 e. The van der Waals surface area contributed by atoms with Crippen LogP contribution in [-0.4, -0.2) is 23.2 Å². The summed E-state index contributed by atoms with van der Waals surface area (Å²) in [6, 6.07) is 9.18. The first-order chi connectivity index (χ1) is 17.1. The van der Waals surface area contributed by atoms with Gasteiger partial charge in [-0.05, 0) is 60.1 Å². The van der Waals surface area contributed by atoms with Gasteiger partial charge in [-0.25, -0.2) is 14.2 Å². The van der Waals surface area contributed by atoms with Crippen molar-refractivity contribution in [3.63, 3.8) is 0 Å². The van der Waals surface area contributed by atoms with Crippen LogP contribution >= 0.6 is 23.3 Å². The predicted molar refractivity (Wildman–Crippen MR) is 146 cm³/mol. The van der Waals surface area contributed by atoms with Gasteiger partial charge in [0.05, 0.1) is 18.4 Å². The van der Waals surface area contributed by atoms with Crippen LogP contribution in [0.4, 0.5) is 10.1 Å². The summed E-state index contributed by atoms with van der Waals surface area (Å²) in [5.41, 5.74) is 4.27. The zero-order valence-electron chi connectivity index (χ0n) is 21.4. The number of hydrogen-bond acceptors (Lipinski definition) is 6. The molecule has 0 radical (unpaired) electrons. The van der Waals surface area contributed by atoms with Crippen LogP contribution in [0, 0.1) is 11.2 Å². The van der Waals surface area contributed by atoms with E-state index in [9.17, 15) is 9.18 Å². The molecule has 2 N–H and O–H groups in total. The van der Waals surface area contributed by atoms with Crippen LogP contribution in [0.1, 0.15) is 86.7 Å². The summed E-state index contributed by atoms with van der Waals surface area (Å²) in [7, 11) is 1.42. The van der Waals surface area contributed by atoms with Crippen molar-refractivity contribution < 1.29 is 19.0 Å². The first kappa shape index (κ1) is 26.5. The van der Waals surface area contributed by atoms with Crippen LogP contribution < -0.4 is 9.46 Å². The average molecular weight is 529 g/mol. The Morgan fingerprint density at radius 3 is 2.61 bits per heavy atom. The molecule has 1 aliphatic rings. The Hall–Kier alpha value is -2.58. The number of thiazole rings is 1. The summed E-state index contributed by atoms with van der Waals surface area (Å²) < 4.78 is 22.5. The van der Waals surface area contributed by atoms with E-state index in [1.807, 2.05) is 5.38 Å². The highest BCUT2D eigenvalue weighted by molar-refractivity contribution is 8.00. The van der Waals surface area contributed by atoms with E-state index in [0.29, 0.717) is 22.9 Å². The molecule has 8 heteroatoms. The third-order valence-electron chi connectivity index (χ3n) is 7.01. The lowest BCUT2D eigenvalue weighted by molar-refractivity contribution is 0.0691. The van der Waals surface area contributed by atoms with Gasteiger partial charge in [0.1, 0.15) is 21.6 Å². The fourth-order valence-corrected chi connectivity index (χ4v) is 6.38. The number of carbonyl (C=O) groups is 1. The van der Waals surface area contributed by atoms with Crippen molar-refractivity contribution in [2.24, 2.45) is 5.41 Å². The van der Waals surface area contributed by atoms with Gasteiger partial charge >= 0.3 is 5.97 Å². The fourth-order valence-electron chi connectivity index (χ4n) is 4.74. The summed E-state index contributed by atoms with van der Waals surface area (Å²) in [4.78, 5) is 16.0. The number of benzene rings is 2. The number of halogens is 1. The lowest BCUT2D eigenvalue weighted by atomic mass is 9.71. The molecule has 0 spiro atoms. The minimum Gasteiger partial charge on any atom is -0.495 e. The van der Waals surface area contributed by atoms with Crippen molar-refractivity contribution in [2.45, 2.75) is 70.2 Å². The number of methoxy groups -OCH3 is 1. The summed E-state index contributed by atoms with van der Waals surface area (Å²) in [6.45, 7) is 9.19. The molecule has 0 aliphatic heterocycles. The lowest BCUT2D eigenvalue weighted by Gasteiger charge is -2.34. The molecule has 1 fully saturated rings. The number of aromatic nitrogens is 1. The minimum atomic E-state index is -1.34. The van der Waals surface area contributed by atoms with E-state index in [-0.39, 0.29) is 5.75 Å². The Labute approximate surface area is 220 Å². The molecular formula is C28H33FN2O3S2. The number of carboxylic acid groups (broad SMARTS) is 1. The van der Waals surface area contributed by atoms with Crippen LogP contribution in [0.5, 0.6) is 5.75 Å². The maximum absolute atomic E-state index is 14.2. The summed E-state index contributed by atoms with van der Waals surface area (Å²) >= 11 is 2.81. The van der Waals surface area contributed by atoms with Gasteiger partial charge in [-0.3, -0.25) is 0 Å². The van der Waals surface area contributed by atoms with E-state index in [0.717, 1.165) is 21.7 Å². The molecule has 5 nitrogen and oxygen atoms in total. The van der Waals surface area contributed by atoms with Gasteiger partial charge in [0.2, 0.25) is 0 Å². The van der Waals surface area contributed by atoms with Crippen LogP contribution in [0.2, 0.25) is 0 Å². The molecule has 36 heavy (non-hydrogen) atoms. The minimum absolute atomic E-state index is 0.250. The van der Waals surface area contributed by atoms with Crippen molar-refractivity contribution in [1.82, 2.24) is 4.98 Å². The van der Waals surface area contributed by atoms with E-state index < -0.39 is 17.3 Å². The van der Waals surface area contributed by atoms with Crippen molar-refractivity contribution in [3.05, 3.63) is 58.2 Å². The SMILES string of the molecule is COc1cc(C(=O)O)c(F)cc1NSc1csc(-c2ccc(C3CCC(C)(C)CC3)cc2C(C)C)n1. The van der Waals surface area contributed by atoms with Crippen molar-refractivity contribution in [2.75, 3.05) is 11.8 Å². The maximum Gasteiger partial charge on any atom is 0.338 e. The Bertz CT molecular complexity index is 1250. The predicted octanol–water partition coefficient (Wildman–Crippen LogP) is 8.58. The third kappa shape index (κ3) is 5.86. The van der Waals surface area contributed by atoms with E-state index in [1.54, 1.807) is 11.3 Å². The quantitative estimate of drug-likeness (QED) is 0.285. The second kappa shape index (κ2) is 10.8. The van der Waals surface area contributed by atoms with Gasteiger partial charge in [-0.2, -0.15) is 0 Å². The molecule has 1 heterocycles. The molecule has 0 amide bonds. The largest absolute Gasteiger partial charge is 0.495 e. The number of hydrogen-bond donors (Lipinski definition) is 2. The number of ether oxygens (including phenoxy) is 1. The molecule has 0 atom stereocenters. The van der Waals surface area contributed by atoms with Gasteiger partial charge in [-0.1, -0.05) is 45.9 Å². The second-order valence-corrected chi connectivity index (χ2v) is 12.2. The fraction of sp³-hybridized carbons (Fsp3) is 0.429. The lowest BCUT2D eigenvalue weighted by Crippen LogP contribution is -2.20. The van der Waals surface area contributed by atoms with Crippen LogP contribution in [-0.2, 0) is 0 Å². The standard InChI is InChI=1S/C28H33FN2O3S2/c1-16(2)20-12-18(17-8-10-28(3,4)11-9-17)6-7-19(20)26-30-25(15-35-26)36-31-23-14-22(29)21(27(32)33)13-24(23)34-5/h6-7,12-17,31H,8-11H2,1-5H3,(H,32,33). The van der Waals surface area contributed by atoms with Crippen molar-refractivity contribution >= 4 is 34.9 Å². The van der Waals surface area contributed by atoms with Crippen molar-refractivity contribution in [3.8, 4) is 16.3 Å². The first-order valence-electron chi connectivity index (χ1n) is 12.2. The zero-order chi connectivity index (χ0) is 26.0. The van der Waals surface area contributed by atoms with Gasteiger partial charge in [0, 0.05) is 29.0 Å². The van der Waals surface area contributed by atoms with E-state index >= 15 is 0 Å². The van der Waals surface area contributed by atoms with Crippen LogP contribution in [0.3, 0.4) is 0 Å². The highest BCUT2D eigenvalue weighted by Gasteiger charge is 2.28. The van der Waals surface area contributed by atoms with Crippen molar-refractivity contribution in [1.29, 1.82) is 0 Å². The van der Waals surface area contributed by atoms with E-state index in [1.165, 1.54) is 61.9 Å². The molecule has 1 aliphatic carbocycles. The molecule has 0 unspecified atom stereocenters. The van der Waals surface area contributed by atoms with Gasteiger partial charge in [0.25, 0.3) is 0 Å². The summed E-state index contributed by atoms with van der Waals surface area (Å²) in [5.74, 6) is -0.917. The van der Waals surface area contributed by atoms with Gasteiger partial charge < -0.3 is 14.6 Å². The molecule has 192 valence electrons. The number of carboxylic acids is 1. The highest BCUT2D eigenvalue weighted by atomic mass is 32.2. The normalized spacial score (nSPS) is 15.8. The number of rotatable bonds is 8. The summed E-state index contributed by atoms with van der Waals surface area (Å²) in [6.07, 6.45) is 5.02. The number of aromatic carboxylic acids is 1. The topological polar surface area (TPSA) is 71.5 Å². The van der Waals surface area contributed by atoms with Gasteiger partial charge in [0.15, 0.2) is 0 Å². The number of nitrogens with one attached hydrogen (secondary N) is 1. The molecule has 0 saturated heterocycles. The van der Waals surface area contributed by atoms with Gasteiger partial charge in [-0.15, -0.1) is 11.3 Å². The van der Waals surface area contributed by atoms with Crippen LogP contribution in [0.15, 0.2) is 40.7 Å². The number of nitrogens with zero attached hydrogens (tertiary/aromatic N) is 1. The van der Waals surface area contributed by atoms with E-state index in [2.05, 4.69) is 50.6 Å². The van der Waals surface area contributed by atoms with Crippen LogP contribution in [0.25, 0.3) is 10.6 Å². The molecule has 1 aromatic heterocycles. The Morgan fingerprint density at radius 2 is 1.97 bits per heavy atom. The average Bonchev–Trinajstić information content (AvgIpc) is 3.31. The Balaban J connectivity index is 1.52. The molecule has 2 aromatic carbocycles. The molecular weight excluding hydrogens is 495 g/mol. The Morgan fingerprint density at radius 1 is 1.25 bits per heavy atom. The molecule has 1 saturated carbocycles. The molecule has 4 rings (SSSR count). The highest BCUT2D eigenvalue weighted by Crippen LogP contribution is 2.44. The Kier molecular flexibility index (Phi) is 7.95. The number of anilines is 1. The first-order valence-corrected chi connectivity index (χ1v) is 13.9. The third-order valence-corrected chi connectivity index (χ3v) is 8.77. The summed E-state index contributed by atoms with van der Waals surface area (Å²) in [5, 5.41) is 12.8.